The number of terminal acetylenes is 1. The maximum absolute atomic E-state index is 5.64. The fourth-order valence-electron chi connectivity index (χ4n) is 1.16. The molecule has 0 aliphatic carbocycles. The van der Waals surface area contributed by atoms with E-state index < -0.39 is 6.49 Å². The van der Waals surface area contributed by atoms with Gasteiger partial charge in [-0.1, -0.05) is 24.1 Å². The van der Waals surface area contributed by atoms with E-state index in [0.29, 0.717) is 13.2 Å². The summed E-state index contributed by atoms with van der Waals surface area (Å²) in [6.07, 6.45) is 5.18. The van der Waals surface area contributed by atoms with Gasteiger partial charge in [0, 0.05) is 12.4 Å². The van der Waals surface area contributed by atoms with Gasteiger partial charge in [0.15, 0.2) is 0 Å². The highest BCUT2D eigenvalue weighted by Crippen LogP contribution is 2.47. The van der Waals surface area contributed by atoms with Crippen LogP contribution in [-0.2, 0) is 25.6 Å². The van der Waals surface area contributed by atoms with Gasteiger partial charge in [0.25, 0.3) is 0 Å². The molecule has 0 heterocycles. The molecule has 1 unspecified atom stereocenters. The summed E-state index contributed by atoms with van der Waals surface area (Å²) < 4.78 is 16.1. The molecule has 1 aromatic carbocycles. The molecule has 0 amide bonds. The van der Waals surface area contributed by atoms with Crippen molar-refractivity contribution < 1.29 is 13.8 Å². The van der Waals surface area contributed by atoms with Crippen LogP contribution in [0, 0.1) is 12.3 Å². The molecule has 1 atom stereocenters. The molecule has 0 fully saturated rings. The molecule has 0 aromatic heterocycles. The van der Waals surface area contributed by atoms with Gasteiger partial charge in [0.2, 0.25) is 6.49 Å². The van der Waals surface area contributed by atoms with E-state index in [2.05, 4.69) is 5.92 Å². The second-order valence-electron chi connectivity index (χ2n) is 3.14. The fraction of sp³-hybridized carbons (Fsp3) is 0.333. The van der Waals surface area contributed by atoms with Crippen molar-refractivity contribution in [2.75, 3.05) is 26.9 Å². The molecular weight excluding hydrogens is 255 g/mol. The molecule has 1 rings (SSSR count). The Morgan fingerprint density at radius 3 is 2.53 bits per heavy atom. The maximum Gasteiger partial charge on any atom is 0.220 e. The molecule has 0 saturated carbocycles. The molecule has 0 radical (unpaired) electrons. The first-order valence-corrected chi connectivity index (χ1v) is 7.74. The lowest BCUT2D eigenvalue weighted by Gasteiger charge is -2.21. The lowest BCUT2D eigenvalue weighted by molar-refractivity contribution is 0.143. The minimum Gasteiger partial charge on any atom is -0.382 e. The number of hydrogen-bond donors (Lipinski definition) is 0. The SMILES string of the molecule is C#CCOP(=S)(OCCOC)c1ccccc1. The highest BCUT2D eigenvalue weighted by Gasteiger charge is 2.21. The monoisotopic (exact) mass is 270 g/mol. The third-order valence-corrected chi connectivity index (χ3v) is 5.13. The Kier molecular flexibility index (Phi) is 6.43. The average Bonchev–Trinajstić information content (AvgIpc) is 2.38. The third-order valence-electron chi connectivity index (χ3n) is 1.94. The van der Waals surface area contributed by atoms with Crippen molar-refractivity contribution in [1.29, 1.82) is 0 Å². The largest absolute Gasteiger partial charge is 0.382 e. The lowest BCUT2D eigenvalue weighted by Crippen LogP contribution is -2.12. The van der Waals surface area contributed by atoms with Gasteiger partial charge >= 0.3 is 0 Å². The lowest BCUT2D eigenvalue weighted by atomic mass is 10.4. The normalized spacial score (nSPS) is 13.9. The summed E-state index contributed by atoms with van der Waals surface area (Å²) in [6.45, 7) is -1.48. The van der Waals surface area contributed by atoms with E-state index in [9.17, 15) is 0 Å². The molecule has 0 bridgehead atoms. The Bertz CT molecular complexity index is 414. The summed E-state index contributed by atoms with van der Waals surface area (Å²) in [4.78, 5) is 0. The van der Waals surface area contributed by atoms with E-state index >= 15 is 0 Å². The summed E-state index contributed by atoms with van der Waals surface area (Å²) in [5, 5.41) is 0.862. The van der Waals surface area contributed by atoms with E-state index in [1.54, 1.807) is 7.11 Å². The van der Waals surface area contributed by atoms with Crippen LogP contribution in [0.25, 0.3) is 0 Å². The zero-order chi connectivity index (χ0) is 12.6. The van der Waals surface area contributed by atoms with Crippen LogP contribution in [0.5, 0.6) is 0 Å². The number of ether oxygens (including phenoxy) is 1. The van der Waals surface area contributed by atoms with Crippen LogP contribution in [0.2, 0.25) is 0 Å². The summed E-state index contributed by atoms with van der Waals surface area (Å²) >= 11 is 5.46. The summed E-state index contributed by atoms with van der Waals surface area (Å²) in [5.41, 5.74) is 0. The quantitative estimate of drug-likeness (QED) is 0.430. The predicted molar refractivity (Wildman–Crippen MR) is 73.0 cm³/mol. The Hall–Kier alpha value is -0.690. The van der Waals surface area contributed by atoms with Gasteiger partial charge in [0.05, 0.1) is 13.2 Å². The number of hydrogen-bond acceptors (Lipinski definition) is 4. The zero-order valence-electron chi connectivity index (χ0n) is 9.67. The van der Waals surface area contributed by atoms with Gasteiger partial charge in [-0.2, -0.15) is 0 Å². The first-order valence-electron chi connectivity index (χ1n) is 5.10. The predicted octanol–water partition coefficient (Wildman–Crippen LogP) is 1.93. The van der Waals surface area contributed by atoms with Gasteiger partial charge in [0.1, 0.15) is 6.61 Å². The van der Waals surface area contributed by atoms with Gasteiger partial charge in [-0.3, -0.25) is 0 Å². The van der Waals surface area contributed by atoms with Crippen molar-refractivity contribution in [2.24, 2.45) is 0 Å². The van der Waals surface area contributed by atoms with Gasteiger partial charge < -0.3 is 13.8 Å². The van der Waals surface area contributed by atoms with E-state index in [1.807, 2.05) is 30.3 Å². The van der Waals surface area contributed by atoms with Crippen LogP contribution < -0.4 is 5.30 Å². The third kappa shape index (κ3) is 4.59. The first kappa shape index (κ1) is 14.4. The smallest absolute Gasteiger partial charge is 0.220 e. The minimum atomic E-state index is -2.51. The van der Waals surface area contributed by atoms with Crippen LogP contribution in [0.3, 0.4) is 0 Å². The number of benzene rings is 1. The highest BCUT2D eigenvalue weighted by atomic mass is 32.5. The molecular formula is C12H15O3PS. The molecule has 3 nitrogen and oxygen atoms in total. The molecule has 0 spiro atoms. The van der Waals surface area contributed by atoms with E-state index in [0.717, 1.165) is 5.30 Å². The second kappa shape index (κ2) is 7.60. The number of rotatable bonds is 7. The van der Waals surface area contributed by atoms with E-state index in [1.165, 1.54) is 0 Å². The molecule has 1 aromatic rings. The number of methoxy groups -OCH3 is 1. The standard InChI is InChI=1S/C12H15O3PS/c1-3-9-14-16(17,15-11-10-13-2)12-7-5-4-6-8-12/h1,4-8H,9-11H2,2H3. The Labute approximate surface area is 107 Å². The summed E-state index contributed by atoms with van der Waals surface area (Å²) in [7, 11) is 1.61. The highest BCUT2D eigenvalue weighted by molar-refractivity contribution is 8.13. The van der Waals surface area contributed by atoms with Crippen molar-refractivity contribution >= 4 is 23.6 Å². The van der Waals surface area contributed by atoms with Crippen molar-refractivity contribution in [3.8, 4) is 12.3 Å². The van der Waals surface area contributed by atoms with Gasteiger partial charge in [-0.25, -0.2) is 0 Å². The van der Waals surface area contributed by atoms with Crippen LogP contribution in [-0.4, -0.2) is 26.9 Å². The van der Waals surface area contributed by atoms with E-state index in [-0.39, 0.29) is 6.61 Å². The Balaban J connectivity index is 2.79. The van der Waals surface area contributed by atoms with E-state index in [4.69, 9.17) is 32.0 Å². The van der Waals surface area contributed by atoms with Crippen LogP contribution in [0.4, 0.5) is 0 Å². The van der Waals surface area contributed by atoms with Crippen molar-refractivity contribution in [3.63, 3.8) is 0 Å². The summed E-state index contributed by atoms with van der Waals surface area (Å²) in [6, 6.07) is 9.50. The van der Waals surface area contributed by atoms with Crippen LogP contribution in [0.1, 0.15) is 0 Å². The zero-order valence-corrected chi connectivity index (χ0v) is 11.4. The van der Waals surface area contributed by atoms with Gasteiger partial charge in [-0.05, 0) is 23.9 Å². The fourth-order valence-corrected chi connectivity index (χ4v) is 3.38. The van der Waals surface area contributed by atoms with Crippen LogP contribution >= 0.6 is 6.49 Å². The second-order valence-corrected chi connectivity index (χ2v) is 6.61. The van der Waals surface area contributed by atoms with Gasteiger partial charge in [-0.15, -0.1) is 6.42 Å². The molecule has 0 aliphatic heterocycles. The maximum atomic E-state index is 5.64. The van der Waals surface area contributed by atoms with Crippen molar-refractivity contribution in [2.45, 2.75) is 0 Å². The Morgan fingerprint density at radius 1 is 1.24 bits per heavy atom. The average molecular weight is 270 g/mol. The molecule has 0 aliphatic rings. The summed E-state index contributed by atoms with van der Waals surface area (Å²) in [5.74, 6) is 2.41. The van der Waals surface area contributed by atoms with Crippen molar-refractivity contribution in [3.05, 3.63) is 30.3 Å². The molecule has 92 valence electrons. The molecule has 0 saturated heterocycles. The topological polar surface area (TPSA) is 27.7 Å². The minimum absolute atomic E-state index is 0.152. The first-order chi connectivity index (χ1) is 8.23. The molecule has 0 N–H and O–H groups in total. The molecule has 17 heavy (non-hydrogen) atoms. The molecule has 5 heteroatoms. The Morgan fingerprint density at radius 2 is 1.94 bits per heavy atom. The van der Waals surface area contributed by atoms with Crippen molar-refractivity contribution in [1.82, 2.24) is 0 Å². The van der Waals surface area contributed by atoms with Crippen LogP contribution in [0.15, 0.2) is 30.3 Å².